The number of nitrogens with zero attached hydrogens (tertiary/aromatic N) is 1. The third kappa shape index (κ3) is 3.40. The van der Waals surface area contributed by atoms with E-state index in [4.69, 9.17) is 5.14 Å². The van der Waals surface area contributed by atoms with Crippen LogP contribution in [0.5, 0.6) is 0 Å². The predicted molar refractivity (Wildman–Crippen MR) is 75.7 cm³/mol. The molecule has 0 unspecified atom stereocenters. The highest BCUT2D eigenvalue weighted by molar-refractivity contribution is 7.89. The zero-order chi connectivity index (χ0) is 14.9. The van der Waals surface area contributed by atoms with Crippen LogP contribution >= 0.6 is 0 Å². The Labute approximate surface area is 119 Å². The van der Waals surface area contributed by atoms with E-state index in [0.29, 0.717) is 11.6 Å². The molecule has 0 aliphatic heterocycles. The molecule has 0 spiro atoms. The SMILES string of the molecule is CC1CCC(NC(=O)c2cc(S(N)(=O)=O)cn2C)CC1. The van der Waals surface area contributed by atoms with Gasteiger partial charge in [-0.15, -0.1) is 0 Å². The zero-order valence-electron chi connectivity index (χ0n) is 11.8. The molecule has 1 saturated carbocycles. The van der Waals surface area contributed by atoms with Crippen LogP contribution in [0.2, 0.25) is 0 Å². The van der Waals surface area contributed by atoms with Crippen LogP contribution in [0.4, 0.5) is 0 Å². The third-order valence-electron chi connectivity index (χ3n) is 3.89. The third-order valence-corrected chi connectivity index (χ3v) is 4.77. The monoisotopic (exact) mass is 299 g/mol. The van der Waals surface area contributed by atoms with Gasteiger partial charge in [0.1, 0.15) is 10.6 Å². The molecule has 1 aliphatic carbocycles. The molecular weight excluding hydrogens is 278 g/mol. The molecule has 0 bridgehead atoms. The number of aryl methyl sites for hydroxylation is 1. The Morgan fingerprint density at radius 3 is 2.45 bits per heavy atom. The summed E-state index contributed by atoms with van der Waals surface area (Å²) >= 11 is 0. The van der Waals surface area contributed by atoms with Gasteiger partial charge in [-0.05, 0) is 37.7 Å². The van der Waals surface area contributed by atoms with E-state index in [2.05, 4.69) is 12.2 Å². The molecule has 1 aromatic rings. The average molecular weight is 299 g/mol. The first-order chi connectivity index (χ1) is 9.27. The summed E-state index contributed by atoms with van der Waals surface area (Å²) < 4.78 is 24.0. The van der Waals surface area contributed by atoms with E-state index in [1.54, 1.807) is 7.05 Å². The first-order valence-electron chi connectivity index (χ1n) is 6.77. The van der Waals surface area contributed by atoms with Crippen molar-refractivity contribution in [1.29, 1.82) is 0 Å². The second-order valence-electron chi connectivity index (χ2n) is 5.65. The van der Waals surface area contributed by atoms with Crippen molar-refractivity contribution in [2.24, 2.45) is 18.1 Å². The van der Waals surface area contributed by atoms with Gasteiger partial charge < -0.3 is 9.88 Å². The molecule has 1 aliphatic rings. The summed E-state index contributed by atoms with van der Waals surface area (Å²) in [6, 6.07) is 1.49. The van der Waals surface area contributed by atoms with Crippen molar-refractivity contribution in [3.05, 3.63) is 18.0 Å². The van der Waals surface area contributed by atoms with Crippen molar-refractivity contribution in [2.45, 2.75) is 43.5 Å². The number of hydrogen-bond acceptors (Lipinski definition) is 3. The van der Waals surface area contributed by atoms with E-state index in [9.17, 15) is 13.2 Å². The standard InChI is InChI=1S/C13H21N3O3S/c1-9-3-5-10(6-4-9)15-13(17)12-7-11(8-16(12)2)20(14,18)19/h7-10H,3-6H2,1-2H3,(H,15,17)(H2,14,18,19). The first-order valence-corrected chi connectivity index (χ1v) is 8.32. The highest BCUT2D eigenvalue weighted by Gasteiger charge is 2.22. The fourth-order valence-corrected chi connectivity index (χ4v) is 3.16. The number of sulfonamides is 1. The van der Waals surface area contributed by atoms with Crippen LogP contribution < -0.4 is 10.5 Å². The number of amides is 1. The van der Waals surface area contributed by atoms with Crippen molar-refractivity contribution >= 4 is 15.9 Å². The Morgan fingerprint density at radius 2 is 1.95 bits per heavy atom. The first kappa shape index (κ1) is 15.1. The van der Waals surface area contributed by atoms with E-state index < -0.39 is 10.0 Å². The Bertz CT molecular complexity index is 598. The maximum Gasteiger partial charge on any atom is 0.268 e. The van der Waals surface area contributed by atoms with E-state index in [-0.39, 0.29) is 16.8 Å². The lowest BCUT2D eigenvalue weighted by molar-refractivity contribution is 0.0914. The number of primary sulfonamides is 1. The van der Waals surface area contributed by atoms with Gasteiger partial charge >= 0.3 is 0 Å². The number of aromatic nitrogens is 1. The molecule has 0 radical (unpaired) electrons. The molecule has 0 aromatic carbocycles. The Balaban J connectivity index is 2.08. The van der Waals surface area contributed by atoms with Crippen LogP contribution in [-0.4, -0.2) is 24.9 Å². The van der Waals surface area contributed by atoms with Gasteiger partial charge in [-0.2, -0.15) is 0 Å². The smallest absolute Gasteiger partial charge is 0.268 e. The fourth-order valence-electron chi connectivity index (χ4n) is 2.58. The zero-order valence-corrected chi connectivity index (χ0v) is 12.6. The number of nitrogens with two attached hydrogens (primary N) is 1. The largest absolute Gasteiger partial charge is 0.348 e. The van der Waals surface area contributed by atoms with Gasteiger partial charge in [0.2, 0.25) is 10.0 Å². The molecule has 1 aromatic heterocycles. The van der Waals surface area contributed by atoms with E-state index >= 15 is 0 Å². The molecule has 0 atom stereocenters. The number of carbonyl (C=O) groups is 1. The van der Waals surface area contributed by atoms with Crippen molar-refractivity contribution < 1.29 is 13.2 Å². The molecule has 6 nitrogen and oxygen atoms in total. The summed E-state index contributed by atoms with van der Waals surface area (Å²) in [6.07, 6.45) is 5.52. The molecule has 0 saturated heterocycles. The molecule has 112 valence electrons. The van der Waals surface area contributed by atoms with Crippen molar-refractivity contribution in [1.82, 2.24) is 9.88 Å². The van der Waals surface area contributed by atoms with Gasteiger partial charge in [0.25, 0.3) is 5.91 Å². The maximum atomic E-state index is 12.2. The summed E-state index contributed by atoms with van der Waals surface area (Å²) in [5, 5.41) is 8.03. The summed E-state index contributed by atoms with van der Waals surface area (Å²) in [5.41, 5.74) is 0.313. The molecule has 1 amide bonds. The number of carbonyl (C=O) groups excluding carboxylic acids is 1. The van der Waals surface area contributed by atoms with Crippen molar-refractivity contribution in [3.8, 4) is 0 Å². The topological polar surface area (TPSA) is 94.2 Å². The van der Waals surface area contributed by atoms with Crippen LogP contribution in [0.1, 0.15) is 43.1 Å². The number of rotatable bonds is 3. The van der Waals surface area contributed by atoms with Gasteiger partial charge in [0.05, 0.1) is 0 Å². The molecular formula is C13H21N3O3S. The van der Waals surface area contributed by atoms with Gasteiger partial charge in [-0.3, -0.25) is 4.79 Å². The minimum Gasteiger partial charge on any atom is -0.348 e. The molecule has 7 heteroatoms. The lowest BCUT2D eigenvalue weighted by Gasteiger charge is -2.26. The second kappa shape index (κ2) is 5.57. The Kier molecular flexibility index (Phi) is 4.19. The van der Waals surface area contributed by atoms with Gasteiger partial charge in [-0.25, -0.2) is 13.6 Å². The maximum absolute atomic E-state index is 12.2. The lowest BCUT2D eigenvalue weighted by Crippen LogP contribution is -2.38. The number of nitrogens with one attached hydrogen (secondary N) is 1. The van der Waals surface area contributed by atoms with Crippen LogP contribution in [0.15, 0.2) is 17.2 Å². The molecule has 20 heavy (non-hydrogen) atoms. The minimum atomic E-state index is -3.78. The van der Waals surface area contributed by atoms with E-state index in [0.717, 1.165) is 25.7 Å². The van der Waals surface area contributed by atoms with Crippen LogP contribution in [0.3, 0.4) is 0 Å². The second-order valence-corrected chi connectivity index (χ2v) is 7.21. The van der Waals surface area contributed by atoms with Crippen LogP contribution in [-0.2, 0) is 17.1 Å². The van der Waals surface area contributed by atoms with E-state index in [1.165, 1.54) is 16.8 Å². The van der Waals surface area contributed by atoms with Crippen molar-refractivity contribution in [2.75, 3.05) is 0 Å². The summed E-state index contributed by atoms with van der Waals surface area (Å²) in [4.78, 5) is 12.1. The van der Waals surface area contributed by atoms with E-state index in [1.807, 2.05) is 0 Å². The Morgan fingerprint density at radius 1 is 1.35 bits per heavy atom. The highest BCUT2D eigenvalue weighted by Crippen LogP contribution is 2.23. The predicted octanol–water partition coefficient (Wildman–Crippen LogP) is 0.981. The quantitative estimate of drug-likeness (QED) is 0.871. The molecule has 3 N–H and O–H groups in total. The summed E-state index contributed by atoms with van der Waals surface area (Å²) in [6.45, 7) is 2.22. The fraction of sp³-hybridized carbons (Fsp3) is 0.615. The summed E-state index contributed by atoms with van der Waals surface area (Å²) in [7, 11) is -2.15. The lowest BCUT2D eigenvalue weighted by atomic mass is 9.87. The average Bonchev–Trinajstić information content (AvgIpc) is 2.74. The molecule has 2 rings (SSSR count). The van der Waals surface area contributed by atoms with Gasteiger partial charge in [0, 0.05) is 19.3 Å². The minimum absolute atomic E-state index is 0.0394. The van der Waals surface area contributed by atoms with Gasteiger partial charge in [-0.1, -0.05) is 6.92 Å². The molecule has 1 fully saturated rings. The van der Waals surface area contributed by atoms with Crippen LogP contribution in [0, 0.1) is 5.92 Å². The number of hydrogen-bond donors (Lipinski definition) is 2. The van der Waals surface area contributed by atoms with Crippen molar-refractivity contribution in [3.63, 3.8) is 0 Å². The van der Waals surface area contributed by atoms with Crippen LogP contribution in [0.25, 0.3) is 0 Å². The highest BCUT2D eigenvalue weighted by atomic mass is 32.2. The molecule has 1 heterocycles. The van der Waals surface area contributed by atoms with Gasteiger partial charge in [0.15, 0.2) is 0 Å². The summed E-state index contributed by atoms with van der Waals surface area (Å²) in [5.74, 6) is 0.467. The Hall–Kier alpha value is -1.34. The normalized spacial score (nSPS) is 23.6.